The number of halogens is 1. The van der Waals surface area contributed by atoms with Crippen molar-refractivity contribution >= 4 is 21.8 Å². The number of esters is 2. The van der Waals surface area contributed by atoms with E-state index in [1.165, 1.54) is 54.6 Å². The van der Waals surface area contributed by atoms with Gasteiger partial charge in [0.15, 0.2) is 9.84 Å². The smallest absolute Gasteiger partial charge is 0.330 e. The van der Waals surface area contributed by atoms with Crippen LogP contribution in [0, 0.1) is 11.2 Å². The average molecular weight is 610 g/mol. The molecule has 4 atom stereocenters. The maximum Gasteiger partial charge on any atom is 0.330 e. The van der Waals surface area contributed by atoms with Crippen LogP contribution >= 0.6 is 0 Å². The number of carbonyl (C=O) groups excluding carboxylic acids is 2. The number of hydrogen-bond donors (Lipinski definition) is 1. The summed E-state index contributed by atoms with van der Waals surface area (Å²) in [5, 5.41) is -1.64. The first-order chi connectivity index (χ1) is 20.6. The van der Waals surface area contributed by atoms with Crippen LogP contribution in [0.5, 0.6) is 11.5 Å². The normalized spacial score (nSPS) is 24.9. The molecule has 9 nitrogen and oxygen atoms in total. The van der Waals surface area contributed by atoms with E-state index in [1.54, 1.807) is 31.2 Å². The van der Waals surface area contributed by atoms with Gasteiger partial charge in [0.2, 0.25) is 0 Å². The molecule has 0 aromatic heterocycles. The molecule has 2 aliphatic heterocycles. The van der Waals surface area contributed by atoms with Gasteiger partial charge < -0.3 is 24.7 Å². The predicted molar refractivity (Wildman–Crippen MR) is 154 cm³/mol. The third-order valence-electron chi connectivity index (χ3n) is 7.63. The van der Waals surface area contributed by atoms with Gasteiger partial charge in [-0.25, -0.2) is 17.6 Å². The molecule has 2 bridgehead atoms. The molecule has 43 heavy (non-hydrogen) atoms. The molecule has 3 aromatic carbocycles. The zero-order chi connectivity index (χ0) is 30.7. The Labute approximate surface area is 249 Å². The van der Waals surface area contributed by atoms with Crippen LogP contribution in [0.15, 0.2) is 95.9 Å². The second-order valence-corrected chi connectivity index (χ2v) is 12.6. The molecule has 2 saturated heterocycles. The van der Waals surface area contributed by atoms with Crippen LogP contribution in [0.25, 0.3) is 0 Å². The lowest BCUT2D eigenvalue weighted by atomic mass is 9.75. The number of nitrogens with two attached hydrogens (primary N) is 1. The van der Waals surface area contributed by atoms with Crippen LogP contribution in [0.1, 0.15) is 31.7 Å². The van der Waals surface area contributed by atoms with Gasteiger partial charge in [-0.15, -0.1) is 0 Å². The summed E-state index contributed by atoms with van der Waals surface area (Å²) in [6, 6.07) is 19.9. The molecule has 0 spiro atoms. The Bertz CT molecular complexity index is 1590. The molecular weight excluding hydrogens is 577 g/mol. The summed E-state index contributed by atoms with van der Waals surface area (Å²) in [7, 11) is -4.41. The Morgan fingerprint density at radius 1 is 1.00 bits per heavy atom. The van der Waals surface area contributed by atoms with E-state index in [1.807, 2.05) is 6.07 Å². The van der Waals surface area contributed by atoms with Gasteiger partial charge in [-0.1, -0.05) is 36.4 Å². The Kier molecular flexibility index (Phi) is 8.68. The zero-order valence-corrected chi connectivity index (χ0v) is 24.3. The fourth-order valence-corrected chi connectivity index (χ4v) is 8.07. The van der Waals surface area contributed by atoms with Crippen molar-refractivity contribution in [3.05, 3.63) is 102 Å². The van der Waals surface area contributed by atoms with Gasteiger partial charge in [0.25, 0.3) is 0 Å². The molecular formula is C32H32FNO8S. The van der Waals surface area contributed by atoms with Crippen molar-refractivity contribution in [1.82, 2.24) is 0 Å². The minimum absolute atomic E-state index is 0.0643. The van der Waals surface area contributed by atoms with Crippen LogP contribution in [0.4, 0.5) is 4.39 Å². The average Bonchev–Trinajstić information content (AvgIpc) is 3.30. The summed E-state index contributed by atoms with van der Waals surface area (Å²) >= 11 is 0. The molecule has 3 aromatic rings. The third-order valence-corrected chi connectivity index (χ3v) is 10.00. The van der Waals surface area contributed by atoms with Gasteiger partial charge in [0, 0.05) is 6.08 Å². The van der Waals surface area contributed by atoms with Crippen molar-refractivity contribution in [2.45, 2.75) is 54.8 Å². The SMILES string of the molecule is CCOC(=O)C=CC1(C(=O)OCc2ccccc2)CC2CCC(N)(O2)C1S(=O)(=O)c1ccc(Oc2ccc(F)cc2)cc1. The highest BCUT2D eigenvalue weighted by Gasteiger charge is 2.67. The highest BCUT2D eigenvalue weighted by Crippen LogP contribution is 2.53. The minimum atomic E-state index is -4.41. The van der Waals surface area contributed by atoms with Crippen molar-refractivity contribution in [3.8, 4) is 11.5 Å². The summed E-state index contributed by atoms with van der Waals surface area (Å²) in [5.41, 5.74) is 3.78. The van der Waals surface area contributed by atoms with Crippen LogP contribution in [0.2, 0.25) is 0 Å². The molecule has 0 aliphatic carbocycles. The van der Waals surface area contributed by atoms with E-state index in [9.17, 15) is 22.4 Å². The van der Waals surface area contributed by atoms with Gasteiger partial charge >= 0.3 is 11.9 Å². The predicted octanol–water partition coefficient (Wildman–Crippen LogP) is 4.85. The van der Waals surface area contributed by atoms with E-state index in [0.29, 0.717) is 23.5 Å². The van der Waals surface area contributed by atoms with Gasteiger partial charge in [-0.05, 0) is 80.3 Å². The molecule has 2 aliphatic rings. The lowest BCUT2D eigenvalue weighted by Crippen LogP contribution is -2.66. The summed E-state index contributed by atoms with van der Waals surface area (Å²) in [4.78, 5) is 26.3. The summed E-state index contributed by atoms with van der Waals surface area (Å²) in [5.74, 6) is -1.33. The van der Waals surface area contributed by atoms with E-state index in [4.69, 9.17) is 24.7 Å². The number of carbonyl (C=O) groups is 2. The number of fused-ring (bicyclic) bond motifs is 2. The fourth-order valence-electron chi connectivity index (χ4n) is 5.76. The van der Waals surface area contributed by atoms with E-state index >= 15 is 0 Å². The van der Waals surface area contributed by atoms with Crippen molar-refractivity contribution in [2.75, 3.05) is 6.61 Å². The van der Waals surface area contributed by atoms with Crippen molar-refractivity contribution < 1.29 is 41.3 Å². The third kappa shape index (κ3) is 6.34. The molecule has 4 unspecified atom stereocenters. The second kappa shape index (κ2) is 12.3. The van der Waals surface area contributed by atoms with Crippen LogP contribution in [0.3, 0.4) is 0 Å². The first kappa shape index (κ1) is 30.4. The number of benzene rings is 3. The standard InChI is InChI=1S/C32H32FNO8S/c1-2-39-28(35)17-18-31(30(36)40-21-22-6-4-3-5-7-22)20-26-16-19-32(34,42-26)29(31)43(37,38)27-14-12-25(13-15-27)41-24-10-8-23(33)9-11-24/h3-15,17-18,26,29H,2,16,19-21,34H2,1H3. The molecule has 0 radical (unpaired) electrons. The number of rotatable bonds is 10. The molecule has 5 rings (SSSR count). The maximum atomic E-state index is 14.5. The van der Waals surface area contributed by atoms with Crippen LogP contribution in [-0.2, 0) is 40.2 Å². The molecule has 0 amide bonds. The Morgan fingerprint density at radius 3 is 2.30 bits per heavy atom. The quantitative estimate of drug-likeness (QED) is 0.253. The molecule has 11 heteroatoms. The summed E-state index contributed by atoms with van der Waals surface area (Å²) < 4.78 is 64.7. The highest BCUT2D eigenvalue weighted by molar-refractivity contribution is 7.92. The number of sulfone groups is 1. The first-order valence-electron chi connectivity index (χ1n) is 13.9. The largest absolute Gasteiger partial charge is 0.463 e. The van der Waals surface area contributed by atoms with E-state index < -0.39 is 50.1 Å². The molecule has 2 fully saturated rings. The van der Waals surface area contributed by atoms with Crippen molar-refractivity contribution in [2.24, 2.45) is 11.1 Å². The second-order valence-electron chi connectivity index (χ2n) is 10.6. The topological polar surface area (TPSA) is 131 Å². The summed E-state index contributed by atoms with van der Waals surface area (Å²) in [6.45, 7) is 1.62. The Hall–Kier alpha value is -4.06. The van der Waals surface area contributed by atoms with Crippen molar-refractivity contribution in [1.29, 1.82) is 0 Å². The monoisotopic (exact) mass is 609 g/mol. The molecule has 2 N–H and O–H groups in total. The number of hydrogen-bond acceptors (Lipinski definition) is 9. The fraction of sp³-hybridized carbons (Fsp3) is 0.312. The van der Waals surface area contributed by atoms with Crippen LogP contribution < -0.4 is 10.5 Å². The lowest BCUT2D eigenvalue weighted by Gasteiger charge is -2.47. The van der Waals surface area contributed by atoms with Crippen LogP contribution in [-0.4, -0.2) is 44.0 Å². The number of ether oxygens (including phenoxy) is 4. The summed E-state index contributed by atoms with van der Waals surface area (Å²) in [6.07, 6.45) is 2.32. The Balaban J connectivity index is 1.53. The van der Waals surface area contributed by atoms with E-state index in [2.05, 4.69) is 0 Å². The van der Waals surface area contributed by atoms with E-state index in [0.717, 1.165) is 6.08 Å². The van der Waals surface area contributed by atoms with Crippen molar-refractivity contribution in [3.63, 3.8) is 0 Å². The molecule has 0 saturated carbocycles. The highest BCUT2D eigenvalue weighted by atomic mass is 32.2. The zero-order valence-electron chi connectivity index (χ0n) is 23.5. The van der Waals surface area contributed by atoms with Gasteiger partial charge in [-0.2, -0.15) is 0 Å². The maximum absolute atomic E-state index is 14.5. The lowest BCUT2D eigenvalue weighted by molar-refractivity contribution is -0.170. The molecule has 2 heterocycles. The van der Waals surface area contributed by atoms with E-state index in [-0.39, 0.29) is 31.0 Å². The Morgan fingerprint density at radius 2 is 1.65 bits per heavy atom. The molecule has 226 valence electrons. The van der Waals surface area contributed by atoms with Gasteiger partial charge in [0.1, 0.15) is 40.3 Å². The van der Waals surface area contributed by atoms with Gasteiger partial charge in [0.05, 0.1) is 17.6 Å². The minimum Gasteiger partial charge on any atom is -0.463 e. The first-order valence-corrected chi connectivity index (χ1v) is 15.4. The van der Waals surface area contributed by atoms with Gasteiger partial charge in [-0.3, -0.25) is 4.79 Å².